The molecule has 2 rings (SSSR count). The van der Waals surface area contributed by atoms with Crippen LogP contribution >= 0.6 is 0 Å². The van der Waals surface area contributed by atoms with Crippen molar-refractivity contribution in [3.63, 3.8) is 0 Å². The van der Waals surface area contributed by atoms with Crippen LogP contribution < -0.4 is 5.73 Å². The molecule has 2 N–H and O–H groups in total. The zero-order chi connectivity index (χ0) is 12.3. The van der Waals surface area contributed by atoms with Gasteiger partial charge < -0.3 is 10.6 Å². The van der Waals surface area contributed by atoms with Crippen LogP contribution in [0.2, 0.25) is 0 Å². The average Bonchev–Trinajstić information content (AvgIpc) is 2.80. The summed E-state index contributed by atoms with van der Waals surface area (Å²) in [4.78, 5) is 13.2. The van der Waals surface area contributed by atoms with Gasteiger partial charge >= 0.3 is 0 Å². The lowest BCUT2D eigenvalue weighted by atomic mass is 9.99. The van der Waals surface area contributed by atoms with Crippen LogP contribution in [0.15, 0.2) is 24.3 Å². The number of carbonyl (C=O) groups excluding carboxylic acids is 1. The molecule has 1 aromatic carbocycles. The van der Waals surface area contributed by atoms with Crippen molar-refractivity contribution in [1.82, 2.24) is 4.90 Å². The highest BCUT2D eigenvalue weighted by molar-refractivity contribution is 5.78. The maximum Gasteiger partial charge on any atom is 0.236 e. The third-order valence-electron chi connectivity index (χ3n) is 3.25. The van der Waals surface area contributed by atoms with E-state index in [0.717, 1.165) is 31.5 Å². The monoisotopic (exact) mass is 236 g/mol. The Balaban J connectivity index is 1.89. The molecule has 92 valence electrons. The zero-order valence-corrected chi connectivity index (χ0v) is 9.73. The largest absolute Gasteiger partial charge is 0.341 e. The van der Waals surface area contributed by atoms with Crippen molar-refractivity contribution in [2.24, 2.45) is 11.7 Å². The van der Waals surface area contributed by atoms with E-state index in [1.54, 1.807) is 0 Å². The fourth-order valence-corrected chi connectivity index (χ4v) is 2.31. The molecular weight excluding hydrogens is 219 g/mol. The molecule has 0 aromatic heterocycles. The Labute approximate surface area is 100 Å². The fourth-order valence-electron chi connectivity index (χ4n) is 2.31. The van der Waals surface area contributed by atoms with E-state index in [4.69, 9.17) is 5.73 Å². The lowest BCUT2D eigenvalue weighted by Crippen LogP contribution is -2.34. The average molecular weight is 236 g/mol. The minimum atomic E-state index is -0.208. The van der Waals surface area contributed by atoms with Crippen molar-refractivity contribution < 1.29 is 9.18 Å². The van der Waals surface area contributed by atoms with E-state index < -0.39 is 0 Å². The molecule has 0 saturated carbocycles. The molecule has 0 bridgehead atoms. The van der Waals surface area contributed by atoms with Crippen LogP contribution in [0.4, 0.5) is 4.39 Å². The standard InChI is InChI=1S/C13H17FN2O/c14-12-3-1-10(2-4-12)7-11-5-6-16(9-11)13(17)8-15/h1-4,11H,5-9,15H2. The van der Waals surface area contributed by atoms with Crippen LogP contribution in [0.1, 0.15) is 12.0 Å². The van der Waals surface area contributed by atoms with Gasteiger partial charge in [0.1, 0.15) is 5.82 Å². The number of halogens is 1. The maximum atomic E-state index is 12.7. The van der Waals surface area contributed by atoms with Crippen LogP contribution in [0.3, 0.4) is 0 Å². The van der Waals surface area contributed by atoms with Crippen molar-refractivity contribution >= 4 is 5.91 Å². The Morgan fingerprint density at radius 3 is 2.76 bits per heavy atom. The maximum absolute atomic E-state index is 12.7. The summed E-state index contributed by atoms with van der Waals surface area (Å²) in [7, 11) is 0. The van der Waals surface area contributed by atoms with Crippen LogP contribution in [-0.2, 0) is 11.2 Å². The first-order chi connectivity index (χ1) is 8.19. The Bertz CT molecular complexity index is 391. The Morgan fingerprint density at radius 2 is 2.12 bits per heavy atom. The summed E-state index contributed by atoms with van der Waals surface area (Å²) in [6.07, 6.45) is 1.90. The van der Waals surface area contributed by atoms with Crippen LogP contribution in [0.5, 0.6) is 0 Å². The van der Waals surface area contributed by atoms with E-state index in [9.17, 15) is 9.18 Å². The summed E-state index contributed by atoms with van der Waals surface area (Å²) in [6, 6.07) is 6.58. The van der Waals surface area contributed by atoms with Crippen LogP contribution in [-0.4, -0.2) is 30.4 Å². The van der Waals surface area contributed by atoms with Crippen LogP contribution in [0, 0.1) is 11.7 Å². The van der Waals surface area contributed by atoms with E-state index in [0.29, 0.717) is 5.92 Å². The number of rotatable bonds is 3. The van der Waals surface area contributed by atoms with Crippen molar-refractivity contribution in [3.8, 4) is 0 Å². The van der Waals surface area contributed by atoms with E-state index >= 15 is 0 Å². The highest BCUT2D eigenvalue weighted by Gasteiger charge is 2.25. The Kier molecular flexibility index (Phi) is 3.74. The van der Waals surface area contributed by atoms with Crippen LogP contribution in [0.25, 0.3) is 0 Å². The molecule has 1 saturated heterocycles. The van der Waals surface area contributed by atoms with E-state index in [-0.39, 0.29) is 18.3 Å². The molecular formula is C13H17FN2O. The summed E-state index contributed by atoms with van der Waals surface area (Å²) >= 11 is 0. The first-order valence-corrected chi connectivity index (χ1v) is 5.91. The second kappa shape index (κ2) is 5.27. The van der Waals surface area contributed by atoms with Gasteiger partial charge in [-0.15, -0.1) is 0 Å². The Morgan fingerprint density at radius 1 is 1.41 bits per heavy atom. The number of nitrogens with two attached hydrogens (primary N) is 1. The third kappa shape index (κ3) is 3.03. The molecule has 1 unspecified atom stereocenters. The van der Waals surface area contributed by atoms with Gasteiger partial charge in [0.2, 0.25) is 5.91 Å². The SMILES string of the molecule is NCC(=O)N1CCC(Cc2ccc(F)cc2)C1. The predicted molar refractivity (Wildman–Crippen MR) is 63.8 cm³/mol. The predicted octanol–water partition coefficient (Wildman–Crippen LogP) is 1.18. The van der Waals surface area contributed by atoms with Gasteiger partial charge in [-0.2, -0.15) is 0 Å². The van der Waals surface area contributed by atoms with Gasteiger partial charge in [0.05, 0.1) is 6.54 Å². The van der Waals surface area contributed by atoms with Crippen molar-refractivity contribution in [2.45, 2.75) is 12.8 Å². The molecule has 1 fully saturated rings. The second-order valence-electron chi connectivity index (χ2n) is 4.53. The molecule has 0 aliphatic carbocycles. The van der Waals surface area contributed by atoms with Gasteiger partial charge in [-0.1, -0.05) is 12.1 Å². The number of nitrogens with zero attached hydrogens (tertiary/aromatic N) is 1. The molecule has 1 amide bonds. The molecule has 4 heteroatoms. The van der Waals surface area contributed by atoms with Gasteiger partial charge in [0.15, 0.2) is 0 Å². The molecule has 3 nitrogen and oxygen atoms in total. The topological polar surface area (TPSA) is 46.3 Å². The third-order valence-corrected chi connectivity index (χ3v) is 3.25. The van der Waals surface area contributed by atoms with Gasteiger partial charge in [0, 0.05) is 13.1 Å². The number of benzene rings is 1. The molecule has 0 spiro atoms. The lowest BCUT2D eigenvalue weighted by Gasteiger charge is -2.15. The number of likely N-dealkylation sites (tertiary alicyclic amines) is 1. The number of amides is 1. The number of hydrogen-bond donors (Lipinski definition) is 1. The van der Waals surface area contributed by atoms with Gasteiger partial charge in [-0.3, -0.25) is 4.79 Å². The first-order valence-electron chi connectivity index (χ1n) is 5.91. The summed E-state index contributed by atoms with van der Waals surface area (Å²) in [5.41, 5.74) is 6.46. The lowest BCUT2D eigenvalue weighted by molar-refractivity contribution is -0.128. The minimum Gasteiger partial charge on any atom is -0.341 e. The summed E-state index contributed by atoms with van der Waals surface area (Å²) in [5.74, 6) is 0.280. The van der Waals surface area contributed by atoms with Gasteiger partial charge in [0.25, 0.3) is 0 Å². The van der Waals surface area contributed by atoms with Crippen molar-refractivity contribution in [3.05, 3.63) is 35.6 Å². The first kappa shape index (κ1) is 12.0. The molecule has 1 aliphatic heterocycles. The Hall–Kier alpha value is -1.42. The van der Waals surface area contributed by atoms with Crippen molar-refractivity contribution in [1.29, 1.82) is 0 Å². The molecule has 0 radical (unpaired) electrons. The van der Waals surface area contributed by atoms with Gasteiger partial charge in [-0.25, -0.2) is 4.39 Å². The van der Waals surface area contributed by atoms with E-state index in [1.807, 2.05) is 17.0 Å². The normalized spacial score (nSPS) is 19.6. The molecule has 1 atom stereocenters. The summed E-state index contributed by atoms with van der Waals surface area (Å²) in [6.45, 7) is 1.65. The fraction of sp³-hybridized carbons (Fsp3) is 0.462. The van der Waals surface area contributed by atoms with Crippen molar-refractivity contribution in [2.75, 3.05) is 19.6 Å². The second-order valence-corrected chi connectivity index (χ2v) is 4.53. The molecule has 1 aliphatic rings. The molecule has 1 aromatic rings. The number of hydrogen-bond acceptors (Lipinski definition) is 2. The smallest absolute Gasteiger partial charge is 0.236 e. The quantitative estimate of drug-likeness (QED) is 0.856. The summed E-state index contributed by atoms with van der Waals surface area (Å²) < 4.78 is 12.7. The molecule has 17 heavy (non-hydrogen) atoms. The highest BCUT2D eigenvalue weighted by Crippen LogP contribution is 2.20. The van der Waals surface area contributed by atoms with E-state index in [1.165, 1.54) is 12.1 Å². The zero-order valence-electron chi connectivity index (χ0n) is 9.73. The number of carbonyl (C=O) groups is 1. The molecule has 1 heterocycles. The van der Waals surface area contributed by atoms with Gasteiger partial charge in [-0.05, 0) is 36.5 Å². The minimum absolute atomic E-state index is 0.0200. The highest BCUT2D eigenvalue weighted by atomic mass is 19.1. The summed E-state index contributed by atoms with van der Waals surface area (Å²) in [5, 5.41) is 0. The van der Waals surface area contributed by atoms with E-state index in [2.05, 4.69) is 0 Å².